The maximum atomic E-state index is 11.2. The average molecular weight is 325 g/mol. The third kappa shape index (κ3) is 3.47. The largest absolute Gasteiger partial charge is 0.300 e. The Kier molecular flexibility index (Phi) is 5.37. The van der Waals surface area contributed by atoms with Crippen molar-refractivity contribution in [3.8, 4) is 0 Å². The smallest absolute Gasteiger partial charge is 0.216 e. The predicted octanol–water partition coefficient (Wildman–Crippen LogP) is 1.26. The van der Waals surface area contributed by atoms with E-state index in [4.69, 9.17) is 0 Å². The van der Waals surface area contributed by atoms with Crippen LogP contribution in [-0.2, 0) is 24.7 Å². The molecule has 0 aromatic heterocycles. The van der Waals surface area contributed by atoms with E-state index < -0.39 is 11.6 Å². The normalized spacial score (nSPS) is 11.5. The van der Waals surface area contributed by atoms with Crippen LogP contribution in [0.1, 0.15) is 5.56 Å². The summed E-state index contributed by atoms with van der Waals surface area (Å²) in [6, 6.07) is 4.97. The van der Waals surface area contributed by atoms with E-state index in [-0.39, 0.29) is 12.6 Å². The van der Waals surface area contributed by atoms with E-state index in [1.807, 2.05) is 0 Å². The van der Waals surface area contributed by atoms with Crippen molar-refractivity contribution in [3.63, 3.8) is 0 Å². The van der Waals surface area contributed by atoms with Gasteiger partial charge in [-0.1, -0.05) is 28.1 Å². The molecule has 0 fully saturated rings. The Bertz CT molecular complexity index is 497. The van der Waals surface area contributed by atoms with Crippen molar-refractivity contribution in [1.82, 2.24) is 0 Å². The SMILES string of the molecule is O=CC(C=O)N=NC(C=O)(C=O)c1ccc(Br)cc1. The first-order valence-corrected chi connectivity index (χ1v) is 5.92. The van der Waals surface area contributed by atoms with Gasteiger partial charge in [-0.05, 0) is 17.7 Å². The minimum absolute atomic E-state index is 0.262. The number of rotatable bonds is 7. The summed E-state index contributed by atoms with van der Waals surface area (Å²) in [5.41, 5.74) is -1.55. The van der Waals surface area contributed by atoms with E-state index in [1.165, 1.54) is 12.1 Å². The lowest BCUT2D eigenvalue weighted by Crippen LogP contribution is -2.27. The van der Waals surface area contributed by atoms with Crippen LogP contribution in [0.3, 0.4) is 0 Å². The van der Waals surface area contributed by atoms with Crippen molar-refractivity contribution in [2.24, 2.45) is 10.2 Å². The Balaban J connectivity index is 3.20. The standard InChI is InChI=1S/C12H9BrN2O4/c13-10-3-1-9(2-4-10)12(7-18,8-19)15-14-11(5-16)6-17/h1-8,11H. The molecule has 0 aliphatic heterocycles. The van der Waals surface area contributed by atoms with Crippen molar-refractivity contribution >= 4 is 41.1 Å². The van der Waals surface area contributed by atoms with Crippen LogP contribution in [0.2, 0.25) is 0 Å². The fourth-order valence-electron chi connectivity index (χ4n) is 1.23. The third-order valence-corrected chi connectivity index (χ3v) is 2.83. The summed E-state index contributed by atoms with van der Waals surface area (Å²) in [7, 11) is 0. The maximum absolute atomic E-state index is 11.2. The van der Waals surface area contributed by atoms with Gasteiger partial charge in [-0.3, -0.25) is 9.59 Å². The molecular formula is C12H9BrN2O4. The molecule has 0 amide bonds. The van der Waals surface area contributed by atoms with Crippen LogP contribution in [0, 0.1) is 0 Å². The molecule has 98 valence electrons. The maximum Gasteiger partial charge on any atom is 0.216 e. The number of hydrogen-bond donors (Lipinski definition) is 0. The minimum Gasteiger partial charge on any atom is -0.300 e. The van der Waals surface area contributed by atoms with Crippen LogP contribution in [0.4, 0.5) is 0 Å². The van der Waals surface area contributed by atoms with E-state index >= 15 is 0 Å². The van der Waals surface area contributed by atoms with Crippen LogP contribution in [0.5, 0.6) is 0 Å². The van der Waals surface area contributed by atoms with Crippen molar-refractivity contribution in [2.45, 2.75) is 11.6 Å². The number of aldehydes is 4. The molecule has 0 spiro atoms. The number of azo groups is 1. The zero-order valence-corrected chi connectivity index (χ0v) is 11.2. The van der Waals surface area contributed by atoms with Crippen LogP contribution >= 0.6 is 15.9 Å². The van der Waals surface area contributed by atoms with E-state index in [0.717, 1.165) is 4.47 Å². The summed E-state index contributed by atoms with van der Waals surface area (Å²) in [4.78, 5) is 43.2. The summed E-state index contributed by atoms with van der Waals surface area (Å²) in [5.74, 6) is 0. The molecule has 1 rings (SSSR count). The van der Waals surface area contributed by atoms with Gasteiger partial charge >= 0.3 is 0 Å². The van der Waals surface area contributed by atoms with Crippen molar-refractivity contribution in [3.05, 3.63) is 34.3 Å². The molecule has 0 radical (unpaired) electrons. The van der Waals surface area contributed by atoms with Crippen molar-refractivity contribution in [2.75, 3.05) is 0 Å². The third-order valence-electron chi connectivity index (χ3n) is 2.30. The molecule has 6 nitrogen and oxygen atoms in total. The van der Waals surface area contributed by atoms with Gasteiger partial charge in [0.05, 0.1) is 0 Å². The predicted molar refractivity (Wildman–Crippen MR) is 68.7 cm³/mol. The molecular weight excluding hydrogens is 316 g/mol. The Morgan fingerprint density at radius 1 is 1.00 bits per heavy atom. The number of carbonyl (C=O) groups excluding carboxylic acids is 4. The highest BCUT2D eigenvalue weighted by atomic mass is 79.9. The molecule has 0 atom stereocenters. The molecule has 0 N–H and O–H groups in total. The number of nitrogens with zero attached hydrogens (tertiary/aromatic N) is 2. The Labute approximate surface area is 117 Å². The highest BCUT2D eigenvalue weighted by molar-refractivity contribution is 9.10. The average Bonchev–Trinajstić information content (AvgIpc) is 2.46. The second-order valence-corrected chi connectivity index (χ2v) is 4.46. The first kappa shape index (κ1) is 15.0. The Hall–Kier alpha value is -2.02. The van der Waals surface area contributed by atoms with E-state index in [1.54, 1.807) is 12.1 Å². The second kappa shape index (κ2) is 6.79. The minimum atomic E-state index is -1.84. The lowest BCUT2D eigenvalue weighted by molar-refractivity contribution is -0.122. The van der Waals surface area contributed by atoms with Crippen molar-refractivity contribution in [1.29, 1.82) is 0 Å². The fourth-order valence-corrected chi connectivity index (χ4v) is 1.50. The second-order valence-electron chi connectivity index (χ2n) is 3.55. The van der Waals surface area contributed by atoms with Crippen LogP contribution in [0.15, 0.2) is 39.0 Å². The Morgan fingerprint density at radius 3 is 1.95 bits per heavy atom. The molecule has 0 saturated heterocycles. The summed E-state index contributed by atoms with van der Waals surface area (Å²) in [5, 5.41) is 6.93. The van der Waals surface area contributed by atoms with Crippen LogP contribution in [-0.4, -0.2) is 31.2 Å². The highest BCUT2D eigenvalue weighted by Gasteiger charge is 2.32. The quantitative estimate of drug-likeness (QED) is 0.428. The zero-order chi connectivity index (χ0) is 14.3. The zero-order valence-electron chi connectivity index (χ0n) is 9.60. The van der Waals surface area contributed by atoms with Gasteiger partial charge in [0.2, 0.25) is 5.54 Å². The fraction of sp³-hybridized carbons (Fsp3) is 0.167. The van der Waals surface area contributed by atoms with Gasteiger partial charge in [0.1, 0.15) is 0 Å². The summed E-state index contributed by atoms with van der Waals surface area (Å²) >= 11 is 3.22. The molecule has 0 saturated carbocycles. The molecule has 0 bridgehead atoms. The lowest BCUT2D eigenvalue weighted by atomic mass is 9.94. The highest BCUT2D eigenvalue weighted by Crippen LogP contribution is 2.24. The van der Waals surface area contributed by atoms with Gasteiger partial charge in [0, 0.05) is 4.47 Å². The summed E-state index contributed by atoms with van der Waals surface area (Å²) < 4.78 is 0.762. The Morgan fingerprint density at radius 2 is 1.53 bits per heavy atom. The van der Waals surface area contributed by atoms with E-state index in [9.17, 15) is 19.2 Å². The van der Waals surface area contributed by atoms with Gasteiger partial charge in [-0.25, -0.2) is 0 Å². The molecule has 0 unspecified atom stereocenters. The van der Waals surface area contributed by atoms with Crippen LogP contribution in [0.25, 0.3) is 0 Å². The number of halogens is 1. The molecule has 1 aromatic rings. The van der Waals surface area contributed by atoms with E-state index in [2.05, 4.69) is 26.2 Å². The molecule has 0 aliphatic rings. The van der Waals surface area contributed by atoms with Gasteiger partial charge < -0.3 is 9.59 Å². The lowest BCUT2D eigenvalue weighted by Gasteiger charge is -2.15. The molecule has 7 heteroatoms. The first-order chi connectivity index (χ1) is 9.11. The van der Waals surface area contributed by atoms with Gasteiger partial charge in [-0.2, -0.15) is 10.2 Å². The molecule has 19 heavy (non-hydrogen) atoms. The summed E-state index contributed by atoms with van der Waals surface area (Å²) in [6.07, 6.45) is 1.13. The number of hydrogen-bond acceptors (Lipinski definition) is 6. The monoisotopic (exact) mass is 324 g/mol. The van der Waals surface area contributed by atoms with Crippen molar-refractivity contribution < 1.29 is 19.2 Å². The number of benzene rings is 1. The van der Waals surface area contributed by atoms with Crippen LogP contribution < -0.4 is 0 Å². The molecule has 0 heterocycles. The number of carbonyl (C=O) groups is 4. The topological polar surface area (TPSA) is 93.0 Å². The molecule has 0 aliphatic carbocycles. The van der Waals surface area contributed by atoms with Gasteiger partial charge in [0.15, 0.2) is 31.2 Å². The van der Waals surface area contributed by atoms with Gasteiger partial charge in [-0.15, -0.1) is 0 Å². The van der Waals surface area contributed by atoms with Gasteiger partial charge in [0.25, 0.3) is 0 Å². The van der Waals surface area contributed by atoms with E-state index in [0.29, 0.717) is 18.1 Å². The first-order valence-electron chi connectivity index (χ1n) is 5.13. The summed E-state index contributed by atoms with van der Waals surface area (Å²) in [6.45, 7) is 0. The molecule has 1 aromatic carbocycles.